The first-order valence-electron chi connectivity index (χ1n) is 7.47. The Morgan fingerprint density at radius 2 is 1.64 bits per heavy atom. The van der Waals surface area contributed by atoms with E-state index in [4.69, 9.17) is 4.98 Å². The Hall–Kier alpha value is -1.48. The standard InChI is InChI=1S/C17H19N2OPS/c1-3-19(4-2)21(20,14-10-6-5-7-11-14)17-18-15-12-8-9-13-16(15)22-17/h5-13H,3-4H2,1-2H3/t21-/m0/s1. The van der Waals surface area contributed by atoms with E-state index in [1.807, 2.05) is 73.1 Å². The molecule has 1 heterocycles. The van der Waals surface area contributed by atoms with E-state index in [-0.39, 0.29) is 0 Å². The molecule has 0 bridgehead atoms. The summed E-state index contributed by atoms with van der Waals surface area (Å²) in [5.41, 5.74) is 0.922. The lowest BCUT2D eigenvalue weighted by molar-refractivity contribution is 0.458. The van der Waals surface area contributed by atoms with Gasteiger partial charge in [-0.05, 0) is 24.3 Å². The van der Waals surface area contributed by atoms with Crippen LogP contribution in [0.4, 0.5) is 0 Å². The monoisotopic (exact) mass is 330 g/mol. The van der Waals surface area contributed by atoms with Crippen molar-refractivity contribution >= 4 is 38.9 Å². The lowest BCUT2D eigenvalue weighted by Gasteiger charge is -2.28. The van der Waals surface area contributed by atoms with E-state index in [0.717, 1.165) is 33.4 Å². The van der Waals surface area contributed by atoms with Crippen LogP contribution in [0.15, 0.2) is 54.6 Å². The van der Waals surface area contributed by atoms with Crippen LogP contribution >= 0.6 is 18.6 Å². The van der Waals surface area contributed by atoms with Crippen molar-refractivity contribution < 1.29 is 4.57 Å². The van der Waals surface area contributed by atoms with Crippen molar-refractivity contribution in [2.45, 2.75) is 13.8 Å². The fourth-order valence-electron chi connectivity index (χ4n) is 2.64. The molecule has 2 aromatic carbocycles. The third-order valence-electron chi connectivity index (χ3n) is 3.78. The topological polar surface area (TPSA) is 33.2 Å². The number of rotatable bonds is 5. The van der Waals surface area contributed by atoms with Crippen molar-refractivity contribution in [1.29, 1.82) is 0 Å². The molecule has 0 N–H and O–H groups in total. The molecule has 0 aliphatic heterocycles. The van der Waals surface area contributed by atoms with Gasteiger partial charge in [0, 0.05) is 18.4 Å². The molecule has 3 aromatic rings. The van der Waals surface area contributed by atoms with Crippen molar-refractivity contribution in [2.24, 2.45) is 0 Å². The number of thiazole rings is 1. The van der Waals surface area contributed by atoms with Crippen LogP contribution in [0.3, 0.4) is 0 Å². The van der Waals surface area contributed by atoms with Crippen LogP contribution in [0.5, 0.6) is 0 Å². The van der Waals surface area contributed by atoms with Crippen LogP contribution in [0.2, 0.25) is 0 Å². The fourth-order valence-corrected chi connectivity index (χ4v) is 7.20. The van der Waals surface area contributed by atoms with Crippen LogP contribution in [0.1, 0.15) is 13.8 Å². The van der Waals surface area contributed by atoms with E-state index in [9.17, 15) is 4.57 Å². The van der Waals surface area contributed by atoms with E-state index in [2.05, 4.69) is 0 Å². The minimum atomic E-state index is -2.87. The second-order valence-corrected chi connectivity index (χ2v) is 9.01. The molecule has 3 nitrogen and oxygen atoms in total. The summed E-state index contributed by atoms with van der Waals surface area (Å²) in [6, 6.07) is 17.7. The van der Waals surface area contributed by atoms with E-state index < -0.39 is 7.29 Å². The summed E-state index contributed by atoms with van der Waals surface area (Å²) in [7, 11) is -2.87. The van der Waals surface area contributed by atoms with Crippen LogP contribution in [-0.2, 0) is 4.57 Å². The Morgan fingerprint density at radius 1 is 1.00 bits per heavy atom. The van der Waals surface area contributed by atoms with E-state index in [0.29, 0.717) is 0 Å². The van der Waals surface area contributed by atoms with E-state index in [1.54, 1.807) is 11.3 Å². The van der Waals surface area contributed by atoms with Gasteiger partial charge in [0.2, 0.25) is 7.29 Å². The van der Waals surface area contributed by atoms with Crippen molar-refractivity contribution in [1.82, 2.24) is 9.65 Å². The Kier molecular flexibility index (Phi) is 4.44. The van der Waals surface area contributed by atoms with Crippen LogP contribution in [-0.4, -0.2) is 22.7 Å². The molecule has 0 aliphatic carbocycles. The SMILES string of the molecule is CCN(CC)[P@](=O)(c1ccccc1)c1nc2ccccc2s1. The highest BCUT2D eigenvalue weighted by Gasteiger charge is 2.36. The smallest absolute Gasteiger partial charge is 0.234 e. The van der Waals surface area contributed by atoms with Gasteiger partial charge in [0.05, 0.1) is 10.2 Å². The first kappa shape index (κ1) is 15.4. The van der Waals surface area contributed by atoms with Gasteiger partial charge in [-0.15, -0.1) is 11.3 Å². The molecule has 0 saturated carbocycles. The molecule has 114 valence electrons. The highest BCUT2D eigenvalue weighted by atomic mass is 32.1. The van der Waals surface area contributed by atoms with E-state index in [1.165, 1.54) is 0 Å². The molecule has 0 aliphatic rings. The molecule has 3 rings (SSSR count). The molecule has 0 saturated heterocycles. The largest absolute Gasteiger partial charge is 0.294 e. The second-order valence-electron chi connectivity index (χ2n) is 5.01. The summed E-state index contributed by atoms with van der Waals surface area (Å²) in [5, 5.41) is 0.859. The average molecular weight is 330 g/mol. The van der Waals surface area contributed by atoms with Gasteiger partial charge in [0.25, 0.3) is 0 Å². The number of para-hydroxylation sites is 1. The van der Waals surface area contributed by atoms with Crippen molar-refractivity contribution in [3.05, 3.63) is 54.6 Å². The quantitative estimate of drug-likeness (QED) is 0.666. The number of benzene rings is 2. The zero-order chi connectivity index (χ0) is 15.6. The number of nitrogens with zero attached hydrogens (tertiary/aromatic N) is 2. The van der Waals surface area contributed by atoms with Gasteiger partial charge in [-0.1, -0.05) is 44.2 Å². The van der Waals surface area contributed by atoms with Gasteiger partial charge >= 0.3 is 0 Å². The Labute approximate surface area is 135 Å². The van der Waals surface area contributed by atoms with Gasteiger partial charge in [-0.3, -0.25) is 4.57 Å². The zero-order valence-corrected chi connectivity index (χ0v) is 14.5. The second kappa shape index (κ2) is 6.33. The van der Waals surface area contributed by atoms with Gasteiger partial charge < -0.3 is 0 Å². The maximum absolute atomic E-state index is 14.0. The minimum absolute atomic E-state index is 0.726. The molecular weight excluding hydrogens is 311 g/mol. The van der Waals surface area contributed by atoms with Gasteiger partial charge in [0.1, 0.15) is 0 Å². The molecule has 0 spiro atoms. The molecule has 5 heteroatoms. The lowest BCUT2D eigenvalue weighted by atomic mass is 10.3. The fraction of sp³-hybridized carbons (Fsp3) is 0.235. The molecule has 1 atom stereocenters. The maximum Gasteiger partial charge on any atom is 0.234 e. The van der Waals surface area contributed by atoms with Gasteiger partial charge in [-0.2, -0.15) is 0 Å². The third-order valence-corrected chi connectivity index (χ3v) is 8.61. The van der Waals surface area contributed by atoms with Crippen molar-refractivity contribution in [2.75, 3.05) is 13.1 Å². The van der Waals surface area contributed by atoms with Crippen LogP contribution in [0.25, 0.3) is 10.2 Å². The number of aromatic nitrogens is 1. The van der Waals surface area contributed by atoms with E-state index >= 15 is 0 Å². The molecule has 0 fully saturated rings. The lowest BCUT2D eigenvalue weighted by Crippen LogP contribution is -2.32. The average Bonchev–Trinajstić information content (AvgIpc) is 3.01. The number of fused-ring (bicyclic) bond motifs is 1. The van der Waals surface area contributed by atoms with Gasteiger partial charge in [-0.25, -0.2) is 9.65 Å². The molecule has 22 heavy (non-hydrogen) atoms. The Morgan fingerprint density at radius 3 is 2.27 bits per heavy atom. The summed E-state index contributed by atoms with van der Waals surface area (Å²) in [6.45, 7) is 5.57. The molecule has 1 aromatic heterocycles. The number of hydrogen-bond donors (Lipinski definition) is 0. The third kappa shape index (κ3) is 2.52. The van der Waals surface area contributed by atoms with Crippen LogP contribution in [0, 0.1) is 0 Å². The predicted molar refractivity (Wildman–Crippen MR) is 95.9 cm³/mol. The highest BCUT2D eigenvalue weighted by Crippen LogP contribution is 2.48. The van der Waals surface area contributed by atoms with Crippen molar-refractivity contribution in [3.63, 3.8) is 0 Å². The Balaban J connectivity index is 2.23. The minimum Gasteiger partial charge on any atom is -0.294 e. The first-order chi connectivity index (χ1) is 10.7. The summed E-state index contributed by atoms with van der Waals surface area (Å²) < 4.78 is 17.9. The summed E-state index contributed by atoms with van der Waals surface area (Å²) >= 11 is 1.54. The predicted octanol–water partition coefficient (Wildman–Crippen LogP) is 3.87. The molecular formula is C17H19N2OPS. The summed E-state index contributed by atoms with van der Waals surface area (Å²) in [6.07, 6.45) is 0. The molecule has 0 unspecified atom stereocenters. The highest BCUT2D eigenvalue weighted by molar-refractivity contribution is 7.81. The van der Waals surface area contributed by atoms with Crippen molar-refractivity contribution in [3.8, 4) is 0 Å². The normalized spacial score (nSPS) is 14.3. The van der Waals surface area contributed by atoms with Gasteiger partial charge in [0.15, 0.2) is 4.75 Å². The number of hydrogen-bond acceptors (Lipinski definition) is 3. The summed E-state index contributed by atoms with van der Waals surface area (Å²) in [4.78, 5) is 4.69. The first-order valence-corrected chi connectivity index (χ1v) is 9.95. The molecule has 0 amide bonds. The summed E-state index contributed by atoms with van der Waals surface area (Å²) in [5.74, 6) is 0. The Bertz CT molecular complexity index is 779. The maximum atomic E-state index is 14.0. The zero-order valence-electron chi connectivity index (χ0n) is 12.8. The molecule has 0 radical (unpaired) electrons. The van der Waals surface area contributed by atoms with Crippen LogP contribution < -0.4 is 10.1 Å².